The lowest BCUT2D eigenvalue weighted by Crippen LogP contribution is -2.38. The fourth-order valence-electron chi connectivity index (χ4n) is 3.13. The molecule has 0 spiro atoms. The molecule has 5 heteroatoms. The lowest BCUT2D eigenvalue weighted by atomic mass is 10.2. The van der Waals surface area contributed by atoms with Gasteiger partial charge in [0.05, 0.1) is 0 Å². The lowest BCUT2D eigenvalue weighted by molar-refractivity contribution is 0.371. The molecule has 2 aliphatic rings. The minimum atomic E-state index is 0.591. The average molecular weight is 353 g/mol. The fourth-order valence-corrected chi connectivity index (χ4v) is 3.51. The van der Waals surface area contributed by atoms with Crippen molar-refractivity contribution < 1.29 is 0 Å². The summed E-state index contributed by atoms with van der Waals surface area (Å²) < 4.78 is 1.07. The Kier molecular flexibility index (Phi) is 4.82. The summed E-state index contributed by atoms with van der Waals surface area (Å²) in [4.78, 5) is 9.53. The second kappa shape index (κ2) is 6.63. The van der Waals surface area contributed by atoms with Crippen LogP contribution < -0.4 is 10.2 Å². The van der Waals surface area contributed by atoms with Gasteiger partial charge in [0.15, 0.2) is 0 Å². The third kappa shape index (κ3) is 3.96. The maximum Gasteiger partial charge on any atom is 0.133 e. The highest BCUT2D eigenvalue weighted by atomic mass is 79.9. The second-order valence-electron chi connectivity index (χ2n) is 6.54. The SMILES string of the molecule is CN(C)CC1CCCN1c1ncc(Br)cc1CNC1CC1. The van der Waals surface area contributed by atoms with Gasteiger partial charge in [-0.3, -0.25) is 0 Å². The highest BCUT2D eigenvalue weighted by Gasteiger charge is 2.28. The third-order valence-corrected chi connectivity index (χ3v) is 4.73. The predicted octanol–water partition coefficient (Wildman–Crippen LogP) is 2.63. The van der Waals surface area contributed by atoms with Crippen LogP contribution in [0.15, 0.2) is 16.7 Å². The van der Waals surface area contributed by atoms with E-state index in [0.29, 0.717) is 6.04 Å². The molecule has 0 bridgehead atoms. The minimum absolute atomic E-state index is 0.591. The molecule has 1 aromatic heterocycles. The molecule has 2 heterocycles. The van der Waals surface area contributed by atoms with Crippen LogP contribution in [0, 0.1) is 0 Å². The van der Waals surface area contributed by atoms with Gasteiger partial charge in [-0.15, -0.1) is 0 Å². The van der Waals surface area contributed by atoms with Crippen LogP contribution in [0.5, 0.6) is 0 Å². The normalized spacial score (nSPS) is 22.3. The Bertz CT molecular complexity index is 487. The van der Waals surface area contributed by atoms with Crippen molar-refractivity contribution in [3.05, 3.63) is 22.3 Å². The van der Waals surface area contributed by atoms with E-state index in [4.69, 9.17) is 4.98 Å². The van der Waals surface area contributed by atoms with Gasteiger partial charge >= 0.3 is 0 Å². The van der Waals surface area contributed by atoms with E-state index < -0.39 is 0 Å². The highest BCUT2D eigenvalue weighted by Crippen LogP contribution is 2.29. The Morgan fingerprint density at radius 1 is 1.38 bits per heavy atom. The topological polar surface area (TPSA) is 31.4 Å². The molecule has 1 saturated heterocycles. The van der Waals surface area contributed by atoms with Gasteiger partial charge in [0.1, 0.15) is 5.82 Å². The largest absolute Gasteiger partial charge is 0.352 e. The smallest absolute Gasteiger partial charge is 0.133 e. The number of halogens is 1. The van der Waals surface area contributed by atoms with E-state index in [1.165, 1.54) is 37.1 Å². The van der Waals surface area contributed by atoms with Crippen LogP contribution >= 0.6 is 15.9 Å². The Morgan fingerprint density at radius 3 is 2.90 bits per heavy atom. The van der Waals surface area contributed by atoms with E-state index in [1.54, 1.807) is 0 Å². The van der Waals surface area contributed by atoms with Crippen molar-refractivity contribution in [3.8, 4) is 0 Å². The van der Waals surface area contributed by atoms with Crippen molar-refractivity contribution >= 4 is 21.7 Å². The molecule has 21 heavy (non-hydrogen) atoms. The summed E-state index contributed by atoms with van der Waals surface area (Å²) in [6.45, 7) is 3.16. The van der Waals surface area contributed by atoms with Crippen LogP contribution in [-0.4, -0.2) is 49.2 Å². The molecule has 1 N–H and O–H groups in total. The van der Waals surface area contributed by atoms with Crippen molar-refractivity contribution in [3.63, 3.8) is 0 Å². The number of nitrogens with one attached hydrogen (secondary N) is 1. The minimum Gasteiger partial charge on any atom is -0.352 e. The molecule has 3 rings (SSSR count). The maximum absolute atomic E-state index is 4.74. The predicted molar refractivity (Wildman–Crippen MR) is 90.7 cm³/mol. The van der Waals surface area contributed by atoms with E-state index in [-0.39, 0.29) is 0 Å². The van der Waals surface area contributed by atoms with Gasteiger partial charge < -0.3 is 15.1 Å². The number of pyridine rings is 1. The number of likely N-dealkylation sites (N-methyl/N-ethyl adjacent to an activating group) is 1. The quantitative estimate of drug-likeness (QED) is 0.852. The van der Waals surface area contributed by atoms with Crippen molar-refractivity contribution in [1.82, 2.24) is 15.2 Å². The molecule has 0 aromatic carbocycles. The first-order chi connectivity index (χ1) is 10.1. The molecule has 1 unspecified atom stereocenters. The molecular weight excluding hydrogens is 328 g/mol. The zero-order valence-electron chi connectivity index (χ0n) is 13.0. The van der Waals surface area contributed by atoms with E-state index in [9.17, 15) is 0 Å². The third-order valence-electron chi connectivity index (χ3n) is 4.29. The highest BCUT2D eigenvalue weighted by molar-refractivity contribution is 9.10. The average Bonchev–Trinajstić information content (AvgIpc) is 3.16. The molecule has 116 valence electrons. The number of anilines is 1. The monoisotopic (exact) mass is 352 g/mol. The first-order valence-corrected chi connectivity index (χ1v) is 8.72. The van der Waals surface area contributed by atoms with Crippen LogP contribution in [-0.2, 0) is 6.54 Å². The summed E-state index contributed by atoms with van der Waals surface area (Å²) in [6, 6.07) is 3.55. The second-order valence-corrected chi connectivity index (χ2v) is 7.46. The van der Waals surface area contributed by atoms with Crippen molar-refractivity contribution in [2.24, 2.45) is 0 Å². The van der Waals surface area contributed by atoms with Crippen LogP contribution in [0.2, 0.25) is 0 Å². The first-order valence-electron chi connectivity index (χ1n) is 7.92. The van der Waals surface area contributed by atoms with Gasteiger partial charge in [-0.25, -0.2) is 4.98 Å². The summed E-state index contributed by atoms with van der Waals surface area (Å²) in [5.74, 6) is 1.18. The Labute approximate surface area is 136 Å². The Hall–Kier alpha value is -0.650. The molecule has 4 nitrogen and oxygen atoms in total. The summed E-state index contributed by atoms with van der Waals surface area (Å²) in [6.07, 6.45) is 7.12. The number of hydrogen-bond acceptors (Lipinski definition) is 4. The molecule has 1 saturated carbocycles. The number of rotatable bonds is 6. The Balaban J connectivity index is 1.78. The molecule has 2 fully saturated rings. The van der Waals surface area contributed by atoms with Gasteiger partial charge in [-0.2, -0.15) is 0 Å². The molecule has 0 radical (unpaired) electrons. The van der Waals surface area contributed by atoms with E-state index in [0.717, 1.165) is 30.1 Å². The summed E-state index contributed by atoms with van der Waals surface area (Å²) in [5, 5.41) is 3.62. The zero-order chi connectivity index (χ0) is 14.8. The van der Waals surface area contributed by atoms with Gasteiger partial charge in [0.2, 0.25) is 0 Å². The maximum atomic E-state index is 4.74. The van der Waals surface area contributed by atoms with Gasteiger partial charge in [-0.1, -0.05) is 0 Å². The molecule has 1 aliphatic heterocycles. The molecule has 1 aliphatic carbocycles. The van der Waals surface area contributed by atoms with Crippen LogP contribution in [0.3, 0.4) is 0 Å². The van der Waals surface area contributed by atoms with Crippen LogP contribution in [0.25, 0.3) is 0 Å². The van der Waals surface area contributed by atoms with E-state index in [1.807, 2.05) is 6.20 Å². The summed E-state index contributed by atoms with van der Waals surface area (Å²) in [5.41, 5.74) is 1.32. The van der Waals surface area contributed by atoms with Gasteiger partial charge in [-0.05, 0) is 61.8 Å². The molecular formula is C16H25BrN4. The molecule has 1 aromatic rings. The molecule has 1 atom stereocenters. The van der Waals surface area contributed by atoms with E-state index in [2.05, 4.69) is 51.2 Å². The van der Waals surface area contributed by atoms with Crippen molar-refractivity contribution in [2.45, 2.75) is 44.3 Å². The van der Waals surface area contributed by atoms with Crippen molar-refractivity contribution in [1.29, 1.82) is 0 Å². The molecule has 0 amide bonds. The lowest BCUT2D eigenvalue weighted by Gasteiger charge is -2.29. The van der Waals surface area contributed by atoms with Crippen molar-refractivity contribution in [2.75, 3.05) is 32.1 Å². The first kappa shape index (κ1) is 15.3. The summed E-state index contributed by atoms with van der Waals surface area (Å²) >= 11 is 3.57. The Morgan fingerprint density at radius 2 is 2.19 bits per heavy atom. The summed E-state index contributed by atoms with van der Waals surface area (Å²) in [7, 11) is 4.31. The standard InChI is InChI=1S/C16H25BrN4/c1-20(2)11-15-4-3-7-21(15)16-12(8-13(17)10-19-16)9-18-14-5-6-14/h8,10,14-15,18H,3-7,9,11H2,1-2H3. The van der Waals surface area contributed by atoms with Crippen LogP contribution in [0.4, 0.5) is 5.82 Å². The van der Waals surface area contributed by atoms with Gasteiger partial charge in [0, 0.05) is 48.0 Å². The van der Waals surface area contributed by atoms with Gasteiger partial charge in [0.25, 0.3) is 0 Å². The zero-order valence-corrected chi connectivity index (χ0v) is 14.6. The van der Waals surface area contributed by atoms with E-state index >= 15 is 0 Å². The number of hydrogen-bond donors (Lipinski definition) is 1. The van der Waals surface area contributed by atoms with Crippen LogP contribution in [0.1, 0.15) is 31.2 Å². The number of nitrogens with zero attached hydrogens (tertiary/aromatic N) is 3. The number of aromatic nitrogens is 1. The fraction of sp³-hybridized carbons (Fsp3) is 0.688.